The van der Waals surface area contributed by atoms with Gasteiger partial charge in [-0.1, -0.05) is 47.6 Å². The number of methoxy groups -OCH3 is 1. The molecule has 0 bridgehead atoms. The molecule has 3 unspecified atom stereocenters. The summed E-state index contributed by atoms with van der Waals surface area (Å²) in [6.07, 6.45) is 1.09. The molecule has 2 aromatic carbocycles. The standard InChI is InChI=1S/C23H24N4O4/c1-30-17-9-5-6-14(10-17)11-20(28)25-19-13-16(21(24)29)12-18(19)23-26-22(27-31-23)15-7-3-2-4-8-15/h2-10,16,18-19H,11-13H2,1H3,(H2,24,29)(H,25,28). The van der Waals surface area contributed by atoms with Gasteiger partial charge in [0.15, 0.2) is 0 Å². The number of nitrogens with zero attached hydrogens (tertiary/aromatic N) is 2. The van der Waals surface area contributed by atoms with E-state index in [1.165, 1.54) is 0 Å². The van der Waals surface area contributed by atoms with E-state index in [0.717, 1.165) is 11.1 Å². The first-order valence-electron chi connectivity index (χ1n) is 10.1. The molecule has 1 aliphatic carbocycles. The van der Waals surface area contributed by atoms with Crippen molar-refractivity contribution in [2.45, 2.75) is 31.2 Å². The normalized spacial score (nSPS) is 20.4. The van der Waals surface area contributed by atoms with Gasteiger partial charge in [-0.25, -0.2) is 0 Å². The Labute approximate surface area is 179 Å². The monoisotopic (exact) mass is 420 g/mol. The van der Waals surface area contributed by atoms with Crippen molar-refractivity contribution in [1.82, 2.24) is 15.5 Å². The number of carbonyl (C=O) groups excluding carboxylic acids is 2. The van der Waals surface area contributed by atoms with E-state index in [9.17, 15) is 9.59 Å². The van der Waals surface area contributed by atoms with Crippen LogP contribution in [0.25, 0.3) is 11.4 Å². The topological polar surface area (TPSA) is 120 Å². The Kier molecular flexibility index (Phi) is 5.97. The molecule has 4 rings (SSSR count). The summed E-state index contributed by atoms with van der Waals surface area (Å²) in [6.45, 7) is 0. The van der Waals surface area contributed by atoms with Crippen LogP contribution < -0.4 is 15.8 Å². The van der Waals surface area contributed by atoms with Crippen molar-refractivity contribution in [3.8, 4) is 17.1 Å². The van der Waals surface area contributed by atoms with Gasteiger partial charge >= 0.3 is 0 Å². The lowest BCUT2D eigenvalue weighted by molar-refractivity contribution is -0.123. The van der Waals surface area contributed by atoms with E-state index in [1.807, 2.05) is 54.6 Å². The number of aromatic nitrogens is 2. The number of rotatable bonds is 7. The quantitative estimate of drug-likeness (QED) is 0.606. The Morgan fingerprint density at radius 2 is 1.97 bits per heavy atom. The Morgan fingerprint density at radius 3 is 2.71 bits per heavy atom. The first kappa shape index (κ1) is 20.6. The summed E-state index contributed by atoms with van der Waals surface area (Å²) in [5, 5.41) is 7.10. The summed E-state index contributed by atoms with van der Waals surface area (Å²) in [6, 6.07) is 16.5. The molecule has 31 heavy (non-hydrogen) atoms. The molecule has 0 aliphatic heterocycles. The Bertz CT molecular complexity index is 1070. The molecular formula is C23H24N4O4. The van der Waals surface area contributed by atoms with Gasteiger partial charge in [-0.15, -0.1) is 0 Å². The number of benzene rings is 2. The largest absolute Gasteiger partial charge is 0.497 e. The van der Waals surface area contributed by atoms with Gasteiger partial charge < -0.3 is 20.3 Å². The van der Waals surface area contributed by atoms with Crippen LogP contribution in [-0.4, -0.2) is 35.1 Å². The minimum absolute atomic E-state index is 0.156. The lowest BCUT2D eigenvalue weighted by Gasteiger charge is -2.18. The lowest BCUT2D eigenvalue weighted by atomic mass is 10.0. The van der Waals surface area contributed by atoms with Gasteiger partial charge in [-0.05, 0) is 30.5 Å². The number of hydrogen-bond donors (Lipinski definition) is 2. The zero-order chi connectivity index (χ0) is 21.8. The van der Waals surface area contributed by atoms with E-state index < -0.39 is 5.91 Å². The summed E-state index contributed by atoms with van der Waals surface area (Å²) in [5.41, 5.74) is 7.22. The zero-order valence-corrected chi connectivity index (χ0v) is 17.2. The third-order valence-electron chi connectivity index (χ3n) is 5.60. The van der Waals surface area contributed by atoms with E-state index in [-0.39, 0.29) is 30.2 Å². The van der Waals surface area contributed by atoms with Crippen LogP contribution in [0.5, 0.6) is 5.75 Å². The highest BCUT2D eigenvalue weighted by Gasteiger charge is 2.41. The lowest BCUT2D eigenvalue weighted by Crippen LogP contribution is -2.38. The predicted molar refractivity (Wildman–Crippen MR) is 113 cm³/mol. The number of nitrogens with two attached hydrogens (primary N) is 1. The van der Waals surface area contributed by atoms with Crippen LogP contribution in [0.1, 0.15) is 30.2 Å². The molecule has 8 heteroatoms. The van der Waals surface area contributed by atoms with Crippen LogP contribution >= 0.6 is 0 Å². The second-order valence-electron chi connectivity index (χ2n) is 7.70. The smallest absolute Gasteiger partial charge is 0.232 e. The van der Waals surface area contributed by atoms with Crippen LogP contribution in [0.2, 0.25) is 0 Å². The van der Waals surface area contributed by atoms with Crippen LogP contribution in [0.15, 0.2) is 59.1 Å². The summed E-state index contributed by atoms with van der Waals surface area (Å²) < 4.78 is 10.7. The van der Waals surface area contributed by atoms with Gasteiger partial charge in [0.2, 0.25) is 23.5 Å². The Morgan fingerprint density at radius 1 is 1.16 bits per heavy atom. The molecule has 2 amide bonds. The van der Waals surface area contributed by atoms with Crippen molar-refractivity contribution in [1.29, 1.82) is 0 Å². The third kappa shape index (κ3) is 4.74. The molecule has 0 spiro atoms. The SMILES string of the molecule is COc1cccc(CC(=O)NC2CC(C(N)=O)CC2c2nc(-c3ccccc3)no2)c1. The molecule has 3 atom stereocenters. The fourth-order valence-corrected chi connectivity index (χ4v) is 4.02. The average molecular weight is 420 g/mol. The first-order chi connectivity index (χ1) is 15.0. The first-order valence-corrected chi connectivity index (χ1v) is 10.1. The van der Waals surface area contributed by atoms with E-state index in [4.69, 9.17) is 15.0 Å². The molecular weight excluding hydrogens is 396 g/mol. The fourth-order valence-electron chi connectivity index (χ4n) is 4.02. The van der Waals surface area contributed by atoms with Crippen molar-refractivity contribution < 1.29 is 18.8 Å². The average Bonchev–Trinajstić information content (AvgIpc) is 3.42. The predicted octanol–water partition coefficient (Wildman–Crippen LogP) is 2.45. The molecule has 8 nitrogen and oxygen atoms in total. The van der Waals surface area contributed by atoms with Crippen molar-refractivity contribution in [2.24, 2.45) is 11.7 Å². The highest BCUT2D eigenvalue weighted by Crippen LogP contribution is 2.38. The van der Waals surface area contributed by atoms with E-state index in [1.54, 1.807) is 7.11 Å². The number of hydrogen-bond acceptors (Lipinski definition) is 6. The number of nitrogens with one attached hydrogen (secondary N) is 1. The molecule has 1 aliphatic rings. The highest BCUT2D eigenvalue weighted by atomic mass is 16.5. The maximum atomic E-state index is 12.7. The zero-order valence-electron chi connectivity index (χ0n) is 17.2. The van der Waals surface area contributed by atoms with Crippen LogP contribution in [0.3, 0.4) is 0 Å². The number of carbonyl (C=O) groups is 2. The third-order valence-corrected chi connectivity index (χ3v) is 5.60. The van der Waals surface area contributed by atoms with Gasteiger partial charge in [0, 0.05) is 17.5 Å². The fraction of sp³-hybridized carbons (Fsp3) is 0.304. The molecule has 1 aromatic heterocycles. The number of primary amides is 1. The number of ether oxygens (including phenoxy) is 1. The Balaban J connectivity index is 1.50. The second-order valence-corrected chi connectivity index (χ2v) is 7.70. The minimum atomic E-state index is -0.391. The van der Waals surface area contributed by atoms with Gasteiger partial charge in [-0.2, -0.15) is 4.98 Å². The van der Waals surface area contributed by atoms with Crippen LogP contribution in [-0.2, 0) is 16.0 Å². The summed E-state index contributed by atoms with van der Waals surface area (Å²) in [5.74, 6) is 0.371. The molecule has 1 saturated carbocycles. The summed E-state index contributed by atoms with van der Waals surface area (Å²) in [4.78, 5) is 29.1. The van der Waals surface area contributed by atoms with Gasteiger partial charge in [0.05, 0.1) is 19.4 Å². The summed E-state index contributed by atoms with van der Waals surface area (Å²) >= 11 is 0. The molecule has 160 valence electrons. The van der Waals surface area contributed by atoms with Gasteiger partial charge in [0.1, 0.15) is 5.75 Å². The van der Waals surface area contributed by atoms with E-state index in [2.05, 4.69) is 15.5 Å². The van der Waals surface area contributed by atoms with Gasteiger partial charge in [0.25, 0.3) is 0 Å². The molecule has 1 heterocycles. The van der Waals surface area contributed by atoms with Crippen molar-refractivity contribution in [3.63, 3.8) is 0 Å². The van der Waals surface area contributed by atoms with E-state index in [0.29, 0.717) is 30.3 Å². The molecule has 0 saturated heterocycles. The van der Waals surface area contributed by atoms with Crippen molar-refractivity contribution in [2.75, 3.05) is 7.11 Å². The maximum absolute atomic E-state index is 12.7. The van der Waals surface area contributed by atoms with Crippen LogP contribution in [0, 0.1) is 5.92 Å². The van der Waals surface area contributed by atoms with Crippen molar-refractivity contribution >= 4 is 11.8 Å². The summed E-state index contributed by atoms with van der Waals surface area (Å²) in [7, 11) is 1.58. The second kappa shape index (κ2) is 8.99. The number of amides is 2. The molecule has 0 radical (unpaired) electrons. The van der Waals surface area contributed by atoms with Crippen LogP contribution in [0.4, 0.5) is 0 Å². The minimum Gasteiger partial charge on any atom is -0.497 e. The molecule has 3 aromatic rings. The highest BCUT2D eigenvalue weighted by molar-refractivity contribution is 5.80. The molecule has 1 fully saturated rings. The van der Waals surface area contributed by atoms with Gasteiger partial charge in [-0.3, -0.25) is 9.59 Å². The Hall–Kier alpha value is -3.68. The molecule has 3 N–H and O–H groups in total. The van der Waals surface area contributed by atoms with Crippen molar-refractivity contribution in [3.05, 3.63) is 66.1 Å². The maximum Gasteiger partial charge on any atom is 0.232 e. The van der Waals surface area contributed by atoms with E-state index >= 15 is 0 Å².